The lowest BCUT2D eigenvalue weighted by Crippen LogP contribution is -2.17. The van der Waals surface area contributed by atoms with Crippen molar-refractivity contribution in [3.05, 3.63) is 17.5 Å². The van der Waals surface area contributed by atoms with E-state index in [-0.39, 0.29) is 0 Å². The molecule has 0 radical (unpaired) electrons. The highest BCUT2D eigenvalue weighted by Gasteiger charge is 2.15. The number of nitrogens with zero attached hydrogens (tertiary/aromatic N) is 3. The lowest BCUT2D eigenvalue weighted by atomic mass is 10.3. The zero-order chi connectivity index (χ0) is 12.1. The molecule has 0 aliphatic carbocycles. The third-order valence-electron chi connectivity index (χ3n) is 2.46. The van der Waals surface area contributed by atoms with E-state index in [2.05, 4.69) is 17.0 Å². The van der Waals surface area contributed by atoms with Gasteiger partial charge in [0.2, 0.25) is 0 Å². The first kappa shape index (κ1) is 12.7. The van der Waals surface area contributed by atoms with Gasteiger partial charge < -0.3 is 10.6 Å². The highest BCUT2D eigenvalue weighted by atomic mass is 16.1. The largest absolute Gasteiger partial charge is 0.364 e. The number of amides is 1. The molecule has 5 heteroatoms. The van der Waals surface area contributed by atoms with Gasteiger partial charge in [-0.3, -0.25) is 9.48 Å². The molecule has 0 fully saturated rings. The van der Waals surface area contributed by atoms with Crippen LogP contribution < -0.4 is 5.73 Å². The van der Waals surface area contributed by atoms with Crippen LogP contribution in [-0.4, -0.2) is 34.2 Å². The molecule has 1 aromatic rings. The van der Waals surface area contributed by atoms with Crippen LogP contribution >= 0.6 is 0 Å². The summed E-state index contributed by atoms with van der Waals surface area (Å²) < 4.78 is 1.88. The van der Waals surface area contributed by atoms with Crippen LogP contribution in [0.25, 0.3) is 0 Å². The molecule has 0 bridgehead atoms. The predicted octanol–water partition coefficient (Wildman–Crippen LogP) is 0.844. The third-order valence-corrected chi connectivity index (χ3v) is 2.46. The molecule has 90 valence electrons. The minimum absolute atomic E-state index is 0.371. The summed E-state index contributed by atoms with van der Waals surface area (Å²) in [6.07, 6.45) is 1.06. The monoisotopic (exact) mass is 224 g/mol. The maximum atomic E-state index is 10.9. The zero-order valence-electron chi connectivity index (χ0n) is 10.2. The second-order valence-corrected chi connectivity index (χ2v) is 3.70. The van der Waals surface area contributed by atoms with E-state index in [4.69, 9.17) is 5.73 Å². The van der Waals surface area contributed by atoms with E-state index >= 15 is 0 Å². The Balaban J connectivity index is 0.000000606. The second kappa shape index (κ2) is 5.65. The number of rotatable bonds is 1. The van der Waals surface area contributed by atoms with E-state index in [9.17, 15) is 4.79 Å². The lowest BCUT2D eigenvalue weighted by molar-refractivity contribution is 0.0994. The summed E-state index contributed by atoms with van der Waals surface area (Å²) in [5.41, 5.74) is 6.61. The van der Waals surface area contributed by atoms with Crippen LogP contribution in [-0.2, 0) is 13.1 Å². The fourth-order valence-corrected chi connectivity index (χ4v) is 1.74. The number of fused-ring (bicyclic) bond motifs is 1. The van der Waals surface area contributed by atoms with Gasteiger partial charge in [0.15, 0.2) is 0 Å². The Hall–Kier alpha value is -1.36. The highest BCUT2D eigenvalue weighted by Crippen LogP contribution is 2.11. The maximum Gasteiger partial charge on any atom is 0.269 e. The van der Waals surface area contributed by atoms with Gasteiger partial charge in [-0.25, -0.2) is 0 Å². The zero-order valence-corrected chi connectivity index (χ0v) is 10.2. The number of aromatic nitrogens is 2. The van der Waals surface area contributed by atoms with Crippen molar-refractivity contribution in [2.24, 2.45) is 5.73 Å². The summed E-state index contributed by atoms with van der Waals surface area (Å²) in [6.45, 7) is 6.77. The molecule has 1 amide bonds. The average molecular weight is 224 g/mol. The number of hydrogen-bond acceptors (Lipinski definition) is 3. The molecule has 2 heterocycles. The van der Waals surface area contributed by atoms with E-state index < -0.39 is 5.91 Å². The molecular weight excluding hydrogens is 204 g/mol. The Bertz CT molecular complexity index is 359. The number of carbonyl (C=O) groups is 1. The molecule has 16 heavy (non-hydrogen) atoms. The van der Waals surface area contributed by atoms with Gasteiger partial charge in [-0.1, -0.05) is 13.8 Å². The van der Waals surface area contributed by atoms with Gasteiger partial charge in [0.05, 0.1) is 5.69 Å². The van der Waals surface area contributed by atoms with Crippen molar-refractivity contribution >= 4 is 5.91 Å². The average Bonchev–Trinajstić information content (AvgIpc) is 2.57. The molecule has 5 nitrogen and oxygen atoms in total. The molecule has 0 unspecified atom stereocenters. The summed E-state index contributed by atoms with van der Waals surface area (Å²) in [5, 5.41) is 4.16. The van der Waals surface area contributed by atoms with Crippen LogP contribution in [0.3, 0.4) is 0 Å². The fraction of sp³-hybridized carbons (Fsp3) is 0.636. The van der Waals surface area contributed by atoms with Gasteiger partial charge in [-0.2, -0.15) is 5.10 Å². The van der Waals surface area contributed by atoms with E-state index in [1.54, 1.807) is 6.07 Å². The van der Waals surface area contributed by atoms with Crippen molar-refractivity contribution in [3.63, 3.8) is 0 Å². The SMILES string of the molecule is CC.CN1CCCn2nc(C(N)=O)cc2C1. The Labute approximate surface area is 96.2 Å². The summed E-state index contributed by atoms with van der Waals surface area (Å²) in [6, 6.07) is 1.78. The molecule has 1 aliphatic rings. The predicted molar refractivity (Wildman–Crippen MR) is 63.0 cm³/mol. The first-order valence-electron chi connectivity index (χ1n) is 5.72. The van der Waals surface area contributed by atoms with Crippen LogP contribution in [0.2, 0.25) is 0 Å². The molecule has 0 aromatic carbocycles. The molecule has 0 saturated heterocycles. The van der Waals surface area contributed by atoms with Crippen molar-refractivity contribution in [3.8, 4) is 0 Å². The number of primary amides is 1. The second-order valence-electron chi connectivity index (χ2n) is 3.70. The van der Waals surface area contributed by atoms with E-state index in [1.807, 2.05) is 18.5 Å². The topological polar surface area (TPSA) is 64.2 Å². The minimum Gasteiger partial charge on any atom is -0.364 e. The van der Waals surface area contributed by atoms with Crippen molar-refractivity contribution in [2.75, 3.05) is 13.6 Å². The van der Waals surface area contributed by atoms with Crippen molar-refractivity contribution in [2.45, 2.75) is 33.4 Å². The Kier molecular flexibility index (Phi) is 4.49. The first-order chi connectivity index (χ1) is 7.66. The minimum atomic E-state index is -0.451. The number of nitrogens with two attached hydrogens (primary N) is 1. The number of carbonyl (C=O) groups excluding carboxylic acids is 1. The maximum absolute atomic E-state index is 10.9. The lowest BCUT2D eigenvalue weighted by Gasteiger charge is -2.10. The van der Waals surface area contributed by atoms with E-state index in [0.717, 1.165) is 31.7 Å². The molecule has 0 spiro atoms. The van der Waals surface area contributed by atoms with Gasteiger partial charge >= 0.3 is 0 Å². The van der Waals surface area contributed by atoms with Gasteiger partial charge in [0.1, 0.15) is 5.69 Å². The van der Waals surface area contributed by atoms with Gasteiger partial charge in [0.25, 0.3) is 5.91 Å². The quantitative estimate of drug-likeness (QED) is 0.769. The van der Waals surface area contributed by atoms with E-state index in [0.29, 0.717) is 5.69 Å². The normalized spacial score (nSPS) is 15.7. The Morgan fingerprint density at radius 1 is 1.44 bits per heavy atom. The van der Waals surface area contributed by atoms with Crippen molar-refractivity contribution in [1.82, 2.24) is 14.7 Å². The Morgan fingerprint density at radius 2 is 2.12 bits per heavy atom. The summed E-state index contributed by atoms with van der Waals surface area (Å²) in [5.74, 6) is -0.451. The summed E-state index contributed by atoms with van der Waals surface area (Å²) in [7, 11) is 2.06. The Morgan fingerprint density at radius 3 is 2.75 bits per heavy atom. The fourth-order valence-electron chi connectivity index (χ4n) is 1.74. The number of hydrogen-bond donors (Lipinski definition) is 1. The summed E-state index contributed by atoms with van der Waals surface area (Å²) >= 11 is 0. The van der Waals surface area contributed by atoms with Gasteiger partial charge in [-0.05, 0) is 19.5 Å². The smallest absolute Gasteiger partial charge is 0.269 e. The van der Waals surface area contributed by atoms with Gasteiger partial charge in [0, 0.05) is 19.6 Å². The summed E-state index contributed by atoms with van der Waals surface area (Å²) in [4.78, 5) is 13.1. The molecule has 2 rings (SSSR count). The molecule has 1 aromatic heterocycles. The van der Waals surface area contributed by atoms with Crippen LogP contribution in [0.1, 0.15) is 36.5 Å². The molecule has 1 aliphatic heterocycles. The number of aryl methyl sites for hydroxylation is 1. The molecule has 0 saturated carbocycles. The van der Waals surface area contributed by atoms with Crippen LogP contribution in [0.4, 0.5) is 0 Å². The molecule has 0 atom stereocenters. The van der Waals surface area contributed by atoms with Crippen molar-refractivity contribution in [1.29, 1.82) is 0 Å². The van der Waals surface area contributed by atoms with E-state index in [1.165, 1.54) is 0 Å². The van der Waals surface area contributed by atoms with Crippen LogP contribution in [0.15, 0.2) is 6.07 Å². The van der Waals surface area contributed by atoms with Crippen LogP contribution in [0, 0.1) is 0 Å². The van der Waals surface area contributed by atoms with Gasteiger partial charge in [-0.15, -0.1) is 0 Å². The first-order valence-corrected chi connectivity index (χ1v) is 5.72. The standard InChI is InChI=1S/C9H14N4O.C2H6/c1-12-3-2-4-13-7(6-12)5-8(11-13)9(10)14;1-2/h5H,2-4,6H2,1H3,(H2,10,14);1-2H3. The molecule has 2 N–H and O–H groups in total. The third kappa shape index (κ3) is 2.82. The highest BCUT2D eigenvalue weighted by molar-refractivity contribution is 5.90. The van der Waals surface area contributed by atoms with Crippen molar-refractivity contribution < 1.29 is 4.79 Å². The molecular formula is C11H20N4O. The van der Waals surface area contributed by atoms with Crippen LogP contribution in [0.5, 0.6) is 0 Å².